The smallest absolute Gasteiger partial charge is 0.256 e. The molecule has 2 amide bonds. The number of furan rings is 2. The van der Waals surface area contributed by atoms with Gasteiger partial charge in [-0.15, -0.1) is 0 Å². The van der Waals surface area contributed by atoms with Crippen molar-refractivity contribution in [2.45, 2.75) is 25.5 Å². The number of hydrogen-bond acceptors (Lipinski definition) is 7. The molecule has 31 heavy (non-hydrogen) atoms. The minimum atomic E-state index is -0.286. The molecule has 2 N–H and O–H groups in total. The summed E-state index contributed by atoms with van der Waals surface area (Å²) in [6.07, 6.45) is 1.55. The molecule has 0 spiro atoms. The Kier molecular flexibility index (Phi) is 6.03. The molecule has 0 aliphatic carbocycles. The first-order valence-electron chi connectivity index (χ1n) is 9.57. The highest BCUT2D eigenvalue weighted by atomic mass is 32.2. The molecule has 0 saturated heterocycles. The van der Waals surface area contributed by atoms with Crippen molar-refractivity contribution in [3.63, 3.8) is 0 Å². The number of hydrogen-bond donors (Lipinski definition) is 2. The molecule has 3 heterocycles. The molecule has 158 valence electrons. The number of rotatable bonds is 7. The second-order valence-electron chi connectivity index (χ2n) is 6.78. The first-order chi connectivity index (χ1) is 15.0. The van der Waals surface area contributed by atoms with Gasteiger partial charge in [0, 0.05) is 11.1 Å². The molecule has 0 aliphatic heterocycles. The number of anilines is 1. The Morgan fingerprint density at radius 3 is 2.61 bits per heavy atom. The molecule has 0 saturated carbocycles. The lowest BCUT2D eigenvalue weighted by molar-refractivity contribution is -0.118. The van der Waals surface area contributed by atoms with Gasteiger partial charge in [-0.1, -0.05) is 30.0 Å². The van der Waals surface area contributed by atoms with Crippen LogP contribution in [0.5, 0.6) is 0 Å². The van der Waals surface area contributed by atoms with Gasteiger partial charge in [0.1, 0.15) is 17.3 Å². The van der Waals surface area contributed by atoms with Gasteiger partial charge < -0.3 is 19.5 Å². The maximum absolute atomic E-state index is 12.7. The van der Waals surface area contributed by atoms with Gasteiger partial charge in [-0.2, -0.15) is 4.98 Å². The molecule has 9 heteroatoms. The first-order valence-corrected chi connectivity index (χ1v) is 10.6. The van der Waals surface area contributed by atoms with Crippen LogP contribution in [0, 0.1) is 13.8 Å². The monoisotopic (exact) mass is 436 g/mol. The van der Waals surface area contributed by atoms with Crippen molar-refractivity contribution in [3.05, 3.63) is 71.4 Å². The molecule has 0 atom stereocenters. The molecule has 8 nitrogen and oxygen atoms in total. The van der Waals surface area contributed by atoms with Crippen molar-refractivity contribution in [2.75, 3.05) is 11.1 Å². The van der Waals surface area contributed by atoms with Gasteiger partial charge in [0.25, 0.3) is 5.91 Å². The molecule has 4 rings (SSSR count). The number of aromatic nitrogens is 2. The van der Waals surface area contributed by atoms with E-state index in [2.05, 4.69) is 20.6 Å². The van der Waals surface area contributed by atoms with Crippen LogP contribution in [0.1, 0.15) is 27.4 Å². The predicted octanol–water partition coefficient (Wildman–Crippen LogP) is 4.09. The Labute approximate surface area is 182 Å². The number of amides is 2. The quantitative estimate of drug-likeness (QED) is 0.332. The molecule has 0 radical (unpaired) electrons. The fourth-order valence-electron chi connectivity index (χ4n) is 2.93. The maximum atomic E-state index is 12.7. The average Bonchev–Trinajstić information content (AvgIpc) is 3.39. The van der Waals surface area contributed by atoms with E-state index < -0.39 is 0 Å². The van der Waals surface area contributed by atoms with Gasteiger partial charge >= 0.3 is 0 Å². The highest BCUT2D eigenvalue weighted by Gasteiger charge is 2.19. The number of fused-ring (bicyclic) bond motifs is 1. The number of thioether (sulfide) groups is 1. The lowest BCUT2D eigenvalue weighted by atomic mass is 10.2. The van der Waals surface area contributed by atoms with Crippen molar-refractivity contribution >= 4 is 40.5 Å². The van der Waals surface area contributed by atoms with E-state index in [1.165, 1.54) is 0 Å². The second-order valence-corrected chi connectivity index (χ2v) is 7.73. The van der Waals surface area contributed by atoms with Crippen LogP contribution in [-0.4, -0.2) is 27.5 Å². The predicted molar refractivity (Wildman–Crippen MR) is 117 cm³/mol. The summed E-state index contributed by atoms with van der Waals surface area (Å²) >= 11 is 1.16. The SMILES string of the molecule is Cc1oc2nc(SCC(=O)NCc3ccco3)nc(NC(=O)c3ccccc3)c2c1C. The van der Waals surface area contributed by atoms with Crippen molar-refractivity contribution in [2.24, 2.45) is 0 Å². The van der Waals surface area contributed by atoms with Crippen LogP contribution in [0.25, 0.3) is 11.1 Å². The number of carbonyl (C=O) groups excluding carboxylic acids is 2. The minimum absolute atomic E-state index is 0.108. The maximum Gasteiger partial charge on any atom is 0.256 e. The van der Waals surface area contributed by atoms with E-state index in [0.29, 0.717) is 45.7 Å². The number of benzene rings is 1. The molecular formula is C22H20N4O4S. The van der Waals surface area contributed by atoms with Crippen LogP contribution in [-0.2, 0) is 11.3 Å². The summed E-state index contributed by atoms with van der Waals surface area (Å²) in [6.45, 7) is 4.02. The summed E-state index contributed by atoms with van der Waals surface area (Å²) in [5.74, 6) is 1.35. The van der Waals surface area contributed by atoms with E-state index in [1.54, 1.807) is 42.7 Å². The molecule has 0 aliphatic rings. The van der Waals surface area contributed by atoms with Crippen LogP contribution in [0.15, 0.2) is 62.7 Å². The van der Waals surface area contributed by atoms with Crippen molar-refractivity contribution in [1.82, 2.24) is 15.3 Å². The van der Waals surface area contributed by atoms with E-state index in [0.717, 1.165) is 17.3 Å². The number of aryl methyl sites for hydroxylation is 2. The second kappa shape index (κ2) is 9.05. The van der Waals surface area contributed by atoms with Crippen LogP contribution >= 0.6 is 11.8 Å². The summed E-state index contributed by atoms with van der Waals surface area (Å²) in [6, 6.07) is 12.4. The molecule has 0 fully saturated rings. The highest BCUT2D eigenvalue weighted by Crippen LogP contribution is 2.31. The third-order valence-electron chi connectivity index (χ3n) is 4.65. The zero-order valence-corrected chi connectivity index (χ0v) is 17.8. The summed E-state index contributed by atoms with van der Waals surface area (Å²) in [5, 5.41) is 6.60. The van der Waals surface area contributed by atoms with Crippen molar-refractivity contribution in [1.29, 1.82) is 0 Å². The molecule has 0 bridgehead atoms. The standard InChI is InChI=1S/C22H20N4O4S/c1-13-14(2)30-21-18(13)19(24-20(28)15-7-4-3-5-8-15)25-22(26-21)31-12-17(27)23-11-16-9-6-10-29-16/h3-10H,11-12H2,1-2H3,(H,23,27)(H,24,25,26,28). The normalized spacial score (nSPS) is 10.9. The Morgan fingerprint density at radius 2 is 1.87 bits per heavy atom. The van der Waals surface area contributed by atoms with Crippen LogP contribution in [0.3, 0.4) is 0 Å². The fraction of sp³-hybridized carbons (Fsp3) is 0.182. The average molecular weight is 436 g/mol. The van der Waals surface area contributed by atoms with E-state index in [9.17, 15) is 9.59 Å². The molecule has 1 aromatic carbocycles. The van der Waals surface area contributed by atoms with E-state index >= 15 is 0 Å². The lowest BCUT2D eigenvalue weighted by Crippen LogP contribution is -2.24. The topological polar surface area (TPSA) is 110 Å². The van der Waals surface area contributed by atoms with Crippen LogP contribution < -0.4 is 10.6 Å². The molecule has 0 unspecified atom stereocenters. The van der Waals surface area contributed by atoms with Gasteiger partial charge in [0.05, 0.1) is 23.9 Å². The van der Waals surface area contributed by atoms with Gasteiger partial charge in [0.2, 0.25) is 11.6 Å². The van der Waals surface area contributed by atoms with Crippen molar-refractivity contribution < 1.29 is 18.4 Å². The largest absolute Gasteiger partial charge is 0.467 e. The lowest BCUT2D eigenvalue weighted by Gasteiger charge is -2.08. The van der Waals surface area contributed by atoms with E-state index in [4.69, 9.17) is 8.83 Å². The minimum Gasteiger partial charge on any atom is -0.467 e. The molecular weight excluding hydrogens is 416 g/mol. The zero-order chi connectivity index (χ0) is 21.8. The third-order valence-corrected chi connectivity index (χ3v) is 5.50. The molecule has 3 aromatic heterocycles. The third kappa shape index (κ3) is 4.77. The highest BCUT2D eigenvalue weighted by molar-refractivity contribution is 7.99. The Balaban J connectivity index is 1.52. The number of nitrogens with one attached hydrogen (secondary N) is 2. The Bertz CT molecular complexity index is 1220. The zero-order valence-electron chi connectivity index (χ0n) is 17.0. The Hall–Kier alpha value is -3.59. The van der Waals surface area contributed by atoms with Crippen molar-refractivity contribution in [3.8, 4) is 0 Å². The van der Waals surface area contributed by atoms with Crippen LogP contribution in [0.2, 0.25) is 0 Å². The number of nitrogens with zero attached hydrogens (tertiary/aromatic N) is 2. The summed E-state index contributed by atoms with van der Waals surface area (Å²) in [7, 11) is 0. The summed E-state index contributed by atoms with van der Waals surface area (Å²) in [5.41, 5.74) is 1.73. The Morgan fingerprint density at radius 1 is 1.06 bits per heavy atom. The van der Waals surface area contributed by atoms with E-state index in [-0.39, 0.29) is 17.6 Å². The van der Waals surface area contributed by atoms with Gasteiger partial charge in [-0.25, -0.2) is 4.98 Å². The summed E-state index contributed by atoms with van der Waals surface area (Å²) in [4.78, 5) is 33.7. The summed E-state index contributed by atoms with van der Waals surface area (Å²) < 4.78 is 10.9. The number of carbonyl (C=O) groups is 2. The van der Waals surface area contributed by atoms with Gasteiger partial charge in [-0.05, 0) is 38.1 Å². The van der Waals surface area contributed by atoms with Crippen LogP contribution in [0.4, 0.5) is 5.82 Å². The van der Waals surface area contributed by atoms with Gasteiger partial charge in [0.15, 0.2) is 5.16 Å². The van der Waals surface area contributed by atoms with Gasteiger partial charge in [-0.3, -0.25) is 9.59 Å². The fourth-order valence-corrected chi connectivity index (χ4v) is 3.60. The van der Waals surface area contributed by atoms with E-state index in [1.807, 2.05) is 19.9 Å². The first kappa shape index (κ1) is 20.7. The molecule has 4 aromatic rings.